The van der Waals surface area contributed by atoms with Crippen LogP contribution in [0.5, 0.6) is 11.5 Å². The zero-order valence-electron chi connectivity index (χ0n) is 16.0. The Kier molecular flexibility index (Phi) is 6.50. The van der Waals surface area contributed by atoms with Crippen LogP contribution in [0.1, 0.15) is 18.9 Å². The molecule has 27 heavy (non-hydrogen) atoms. The normalized spacial score (nSPS) is 15.8. The van der Waals surface area contributed by atoms with Gasteiger partial charge in [0.1, 0.15) is 11.5 Å². The number of nitrogens with zero attached hydrogens (tertiary/aromatic N) is 1. The van der Waals surface area contributed by atoms with Crippen molar-refractivity contribution in [2.45, 2.75) is 30.0 Å². The van der Waals surface area contributed by atoms with Crippen LogP contribution in [-0.4, -0.2) is 38.5 Å². The van der Waals surface area contributed by atoms with Crippen molar-refractivity contribution < 1.29 is 14.3 Å². The molecule has 0 spiro atoms. The van der Waals surface area contributed by atoms with Crippen molar-refractivity contribution in [3.8, 4) is 11.5 Å². The highest BCUT2D eigenvalue weighted by Gasteiger charge is 2.25. The van der Waals surface area contributed by atoms with Crippen LogP contribution in [0.4, 0.5) is 5.69 Å². The van der Waals surface area contributed by atoms with E-state index in [4.69, 9.17) is 9.47 Å². The maximum Gasteiger partial charge on any atom is 0.239 e. The second kappa shape index (κ2) is 9.04. The van der Waals surface area contributed by atoms with Gasteiger partial charge in [-0.15, -0.1) is 11.8 Å². The van der Waals surface area contributed by atoms with Crippen LogP contribution in [0, 0.1) is 0 Å². The zero-order chi connectivity index (χ0) is 19.2. The van der Waals surface area contributed by atoms with E-state index in [1.54, 1.807) is 14.2 Å². The van der Waals surface area contributed by atoms with E-state index in [9.17, 15) is 4.79 Å². The maximum atomic E-state index is 12.6. The topological polar surface area (TPSA) is 50.8 Å². The van der Waals surface area contributed by atoms with Crippen molar-refractivity contribution in [1.82, 2.24) is 5.32 Å². The Labute approximate surface area is 165 Å². The summed E-state index contributed by atoms with van der Waals surface area (Å²) >= 11 is 1.90. The molecule has 1 amide bonds. The zero-order valence-corrected chi connectivity index (χ0v) is 16.8. The lowest BCUT2D eigenvalue weighted by molar-refractivity contribution is -0.119. The van der Waals surface area contributed by atoms with Gasteiger partial charge in [-0.25, -0.2) is 0 Å². The number of anilines is 1. The molecule has 1 heterocycles. The molecule has 0 aliphatic carbocycles. The van der Waals surface area contributed by atoms with Gasteiger partial charge in [0.2, 0.25) is 5.91 Å². The molecular formula is C21H26N2O3S. The molecule has 0 aromatic heterocycles. The Morgan fingerprint density at radius 3 is 2.78 bits per heavy atom. The minimum Gasteiger partial charge on any atom is -0.497 e. The van der Waals surface area contributed by atoms with Crippen molar-refractivity contribution in [3.63, 3.8) is 0 Å². The van der Waals surface area contributed by atoms with Gasteiger partial charge < -0.3 is 19.7 Å². The molecule has 2 aromatic carbocycles. The number of hydrogen-bond acceptors (Lipinski definition) is 5. The van der Waals surface area contributed by atoms with E-state index in [0.29, 0.717) is 24.1 Å². The largest absolute Gasteiger partial charge is 0.497 e. The number of fused-ring (bicyclic) bond motifs is 1. The van der Waals surface area contributed by atoms with Gasteiger partial charge in [-0.2, -0.15) is 0 Å². The number of para-hydroxylation sites is 1. The third-order valence-electron chi connectivity index (χ3n) is 4.68. The maximum absolute atomic E-state index is 12.6. The fraction of sp³-hybridized carbons (Fsp3) is 0.381. The number of hydrogen-bond donors (Lipinski definition) is 1. The average molecular weight is 387 g/mol. The van der Waals surface area contributed by atoms with Crippen LogP contribution < -0.4 is 19.7 Å². The molecule has 1 aliphatic heterocycles. The van der Waals surface area contributed by atoms with Gasteiger partial charge in [0.05, 0.1) is 26.5 Å². The summed E-state index contributed by atoms with van der Waals surface area (Å²) in [6.07, 6.45) is 1.08. The molecule has 1 aliphatic rings. The van der Waals surface area contributed by atoms with E-state index < -0.39 is 0 Å². The number of nitrogens with one attached hydrogen (secondary N) is 1. The highest BCUT2D eigenvalue weighted by Crippen LogP contribution is 2.39. The van der Waals surface area contributed by atoms with Gasteiger partial charge in [0.15, 0.2) is 0 Å². The summed E-state index contributed by atoms with van der Waals surface area (Å²) in [5.74, 6) is 1.44. The van der Waals surface area contributed by atoms with Gasteiger partial charge in [-0.05, 0) is 30.7 Å². The molecule has 1 unspecified atom stereocenters. The molecule has 6 heteroatoms. The van der Waals surface area contributed by atoms with Crippen molar-refractivity contribution >= 4 is 23.4 Å². The Morgan fingerprint density at radius 2 is 2.04 bits per heavy atom. The van der Waals surface area contributed by atoms with Crippen molar-refractivity contribution in [3.05, 3.63) is 48.0 Å². The third kappa shape index (κ3) is 4.69. The Bertz CT molecular complexity index is 797. The summed E-state index contributed by atoms with van der Waals surface area (Å²) in [7, 11) is 3.24. The molecule has 0 radical (unpaired) electrons. The number of carbonyl (C=O) groups excluding carboxylic acids is 1. The monoisotopic (exact) mass is 386 g/mol. The molecule has 2 aromatic rings. The lowest BCUT2D eigenvalue weighted by Gasteiger charge is -2.34. The summed E-state index contributed by atoms with van der Waals surface area (Å²) in [6.45, 7) is 3.86. The highest BCUT2D eigenvalue weighted by molar-refractivity contribution is 8.00. The van der Waals surface area contributed by atoms with Crippen molar-refractivity contribution in [2.75, 3.05) is 32.2 Å². The predicted molar refractivity (Wildman–Crippen MR) is 110 cm³/mol. The molecule has 1 N–H and O–H groups in total. The molecule has 0 bridgehead atoms. The fourth-order valence-electron chi connectivity index (χ4n) is 3.16. The molecular weight excluding hydrogens is 360 g/mol. The quantitative estimate of drug-likeness (QED) is 0.786. The predicted octanol–water partition coefficient (Wildman–Crippen LogP) is 3.71. The first kappa shape index (κ1) is 19.4. The van der Waals surface area contributed by atoms with Gasteiger partial charge in [-0.1, -0.05) is 19.1 Å². The minimum atomic E-state index is 0.00410. The van der Waals surface area contributed by atoms with E-state index in [1.807, 2.05) is 36.0 Å². The first-order valence-electron chi connectivity index (χ1n) is 9.12. The van der Waals surface area contributed by atoms with Crippen LogP contribution in [-0.2, 0) is 11.3 Å². The molecule has 1 atom stereocenters. The fourth-order valence-corrected chi connectivity index (χ4v) is 4.42. The van der Waals surface area contributed by atoms with Crippen LogP contribution >= 0.6 is 11.8 Å². The van der Waals surface area contributed by atoms with Crippen molar-refractivity contribution in [1.29, 1.82) is 0 Å². The number of amides is 1. The van der Waals surface area contributed by atoms with E-state index in [0.717, 1.165) is 30.0 Å². The summed E-state index contributed by atoms with van der Waals surface area (Å²) in [4.78, 5) is 16.0. The van der Waals surface area contributed by atoms with Crippen LogP contribution in [0.3, 0.4) is 0 Å². The first-order chi connectivity index (χ1) is 13.1. The van der Waals surface area contributed by atoms with Gasteiger partial charge >= 0.3 is 0 Å². The third-order valence-corrected chi connectivity index (χ3v) is 6.10. The average Bonchev–Trinajstić information content (AvgIpc) is 2.71. The Hall–Kier alpha value is -2.34. The SMILES string of the molecule is CCC1CN(CC(=O)NCc2ccc(OC)cc2OC)c2ccccc2S1. The summed E-state index contributed by atoms with van der Waals surface area (Å²) in [5.41, 5.74) is 2.07. The highest BCUT2D eigenvalue weighted by atomic mass is 32.2. The second-order valence-corrected chi connectivity index (χ2v) is 7.79. The number of benzene rings is 2. The number of ether oxygens (including phenoxy) is 2. The number of rotatable bonds is 7. The second-order valence-electron chi connectivity index (χ2n) is 6.45. The number of methoxy groups -OCH3 is 2. The van der Waals surface area contributed by atoms with Crippen LogP contribution in [0.15, 0.2) is 47.4 Å². The summed E-state index contributed by atoms with van der Waals surface area (Å²) in [5, 5.41) is 3.52. The van der Waals surface area contributed by atoms with E-state index >= 15 is 0 Å². The summed E-state index contributed by atoms with van der Waals surface area (Å²) < 4.78 is 10.6. The lowest BCUT2D eigenvalue weighted by Crippen LogP contribution is -2.42. The van der Waals surface area contributed by atoms with E-state index in [2.05, 4.69) is 35.3 Å². The number of thioether (sulfide) groups is 1. The smallest absolute Gasteiger partial charge is 0.239 e. The number of carbonyl (C=O) groups is 1. The molecule has 144 valence electrons. The standard InChI is InChI=1S/C21H26N2O3S/c1-4-17-13-23(18-7-5-6-8-20(18)27-17)14-21(24)22-12-15-9-10-16(25-2)11-19(15)26-3/h5-11,17H,4,12-14H2,1-3H3,(H,22,24). The first-order valence-corrected chi connectivity index (χ1v) is 10.0. The van der Waals surface area contributed by atoms with E-state index in [1.165, 1.54) is 4.90 Å². The Morgan fingerprint density at radius 1 is 1.22 bits per heavy atom. The lowest BCUT2D eigenvalue weighted by atomic mass is 10.2. The minimum absolute atomic E-state index is 0.00410. The van der Waals surface area contributed by atoms with Gasteiger partial charge in [0, 0.05) is 34.9 Å². The van der Waals surface area contributed by atoms with E-state index in [-0.39, 0.29) is 5.91 Å². The molecule has 5 nitrogen and oxygen atoms in total. The molecule has 0 fully saturated rings. The molecule has 0 saturated carbocycles. The summed E-state index contributed by atoms with van der Waals surface area (Å²) in [6, 6.07) is 13.9. The van der Waals surface area contributed by atoms with Gasteiger partial charge in [-0.3, -0.25) is 4.79 Å². The van der Waals surface area contributed by atoms with Crippen LogP contribution in [0.25, 0.3) is 0 Å². The molecule has 0 saturated heterocycles. The Balaban J connectivity index is 1.64. The molecule has 3 rings (SSSR count). The van der Waals surface area contributed by atoms with Crippen LogP contribution in [0.2, 0.25) is 0 Å². The van der Waals surface area contributed by atoms with Crippen molar-refractivity contribution in [2.24, 2.45) is 0 Å². The van der Waals surface area contributed by atoms with Gasteiger partial charge in [0.25, 0.3) is 0 Å².